The highest BCUT2D eigenvalue weighted by atomic mass is 35.5. The first-order chi connectivity index (χ1) is 10.0. The molecule has 1 saturated carbocycles. The van der Waals surface area contributed by atoms with Crippen LogP contribution in [0.3, 0.4) is 0 Å². The van der Waals surface area contributed by atoms with E-state index in [9.17, 15) is 9.18 Å². The Morgan fingerprint density at radius 2 is 2.27 bits per heavy atom. The maximum atomic E-state index is 13.0. The summed E-state index contributed by atoms with van der Waals surface area (Å²) in [6, 6.07) is 6.13. The number of nitrogens with two attached hydrogens (primary N) is 1. The molecular formula is C16H24ClFN2O2. The van der Waals surface area contributed by atoms with Crippen molar-refractivity contribution >= 4 is 18.3 Å². The van der Waals surface area contributed by atoms with Gasteiger partial charge in [-0.1, -0.05) is 12.5 Å². The van der Waals surface area contributed by atoms with E-state index in [0.29, 0.717) is 12.3 Å². The van der Waals surface area contributed by atoms with Gasteiger partial charge in [0.25, 0.3) is 0 Å². The van der Waals surface area contributed by atoms with Crippen molar-refractivity contribution in [2.45, 2.75) is 44.8 Å². The molecule has 1 amide bonds. The minimum atomic E-state index is -0.333. The lowest BCUT2D eigenvalue weighted by atomic mass is 9.85. The number of benzene rings is 1. The number of nitrogens with one attached hydrogen (secondary N) is 1. The van der Waals surface area contributed by atoms with Crippen molar-refractivity contribution in [3.8, 4) is 5.75 Å². The summed E-state index contributed by atoms with van der Waals surface area (Å²) in [6.45, 7) is 2.25. The molecule has 0 aromatic heterocycles. The zero-order chi connectivity index (χ0) is 15.2. The maximum absolute atomic E-state index is 13.0. The van der Waals surface area contributed by atoms with Crippen LogP contribution in [-0.2, 0) is 4.79 Å². The lowest BCUT2D eigenvalue weighted by molar-refractivity contribution is -0.126. The second-order valence-electron chi connectivity index (χ2n) is 5.75. The number of hydrogen-bond acceptors (Lipinski definition) is 3. The Labute approximate surface area is 137 Å². The first-order valence-electron chi connectivity index (χ1n) is 7.50. The van der Waals surface area contributed by atoms with Crippen LogP contribution in [0.5, 0.6) is 5.75 Å². The second kappa shape index (κ2) is 8.96. The van der Waals surface area contributed by atoms with E-state index in [1.54, 1.807) is 12.1 Å². The number of ether oxygens (including phenoxy) is 1. The molecule has 0 bridgehead atoms. The Morgan fingerprint density at radius 3 is 2.95 bits per heavy atom. The van der Waals surface area contributed by atoms with Gasteiger partial charge in [0.05, 0.1) is 6.54 Å². The van der Waals surface area contributed by atoms with Crippen LogP contribution < -0.4 is 15.8 Å². The molecule has 1 aromatic rings. The Bertz CT molecular complexity index is 487. The fraction of sp³-hybridized carbons (Fsp3) is 0.562. The lowest BCUT2D eigenvalue weighted by Crippen LogP contribution is -2.41. The van der Waals surface area contributed by atoms with Crippen LogP contribution in [0.25, 0.3) is 0 Å². The first kappa shape index (κ1) is 18.7. The van der Waals surface area contributed by atoms with E-state index < -0.39 is 0 Å². The van der Waals surface area contributed by atoms with Gasteiger partial charge in [-0.25, -0.2) is 4.39 Å². The van der Waals surface area contributed by atoms with Crippen molar-refractivity contribution in [3.63, 3.8) is 0 Å². The number of amides is 1. The van der Waals surface area contributed by atoms with Crippen LogP contribution in [0, 0.1) is 11.7 Å². The van der Waals surface area contributed by atoms with Crippen LogP contribution in [-0.4, -0.2) is 24.6 Å². The maximum Gasteiger partial charge on any atom is 0.223 e. The Hall–Kier alpha value is -1.33. The summed E-state index contributed by atoms with van der Waals surface area (Å²) in [7, 11) is 0. The summed E-state index contributed by atoms with van der Waals surface area (Å²) in [5, 5.41) is 2.89. The van der Waals surface area contributed by atoms with Gasteiger partial charge in [-0.2, -0.15) is 0 Å². The summed E-state index contributed by atoms with van der Waals surface area (Å²) in [5.74, 6) is 0.186. The van der Waals surface area contributed by atoms with Crippen LogP contribution >= 0.6 is 12.4 Å². The van der Waals surface area contributed by atoms with Gasteiger partial charge in [-0.3, -0.25) is 4.79 Å². The van der Waals surface area contributed by atoms with Gasteiger partial charge in [-0.05, 0) is 38.3 Å². The van der Waals surface area contributed by atoms with Gasteiger partial charge in [0, 0.05) is 18.0 Å². The number of hydrogen-bond donors (Lipinski definition) is 2. The Morgan fingerprint density at radius 1 is 1.50 bits per heavy atom. The van der Waals surface area contributed by atoms with Crippen LogP contribution in [0.2, 0.25) is 0 Å². The average Bonchev–Trinajstić information content (AvgIpc) is 2.45. The van der Waals surface area contributed by atoms with Crippen molar-refractivity contribution in [1.82, 2.24) is 5.32 Å². The van der Waals surface area contributed by atoms with Gasteiger partial charge < -0.3 is 15.8 Å². The van der Waals surface area contributed by atoms with Gasteiger partial charge in [0.15, 0.2) is 0 Å². The summed E-state index contributed by atoms with van der Waals surface area (Å²) < 4.78 is 18.6. The SMILES string of the molecule is CC(CNC(=O)C1CCCC(N)C1)Oc1cccc(F)c1.Cl. The number of rotatable bonds is 5. The molecule has 124 valence electrons. The molecule has 0 aliphatic heterocycles. The summed E-state index contributed by atoms with van der Waals surface area (Å²) in [4.78, 5) is 12.1. The van der Waals surface area contributed by atoms with E-state index in [4.69, 9.17) is 10.5 Å². The van der Waals surface area contributed by atoms with E-state index >= 15 is 0 Å². The van der Waals surface area contributed by atoms with Crippen molar-refractivity contribution in [2.24, 2.45) is 11.7 Å². The largest absolute Gasteiger partial charge is 0.489 e. The molecule has 0 saturated heterocycles. The molecule has 1 aliphatic carbocycles. The minimum absolute atomic E-state index is 0. The summed E-state index contributed by atoms with van der Waals surface area (Å²) in [6.07, 6.45) is 3.45. The fourth-order valence-electron chi connectivity index (χ4n) is 2.67. The van der Waals surface area contributed by atoms with Crippen molar-refractivity contribution in [1.29, 1.82) is 0 Å². The van der Waals surface area contributed by atoms with E-state index in [2.05, 4.69) is 5.32 Å². The van der Waals surface area contributed by atoms with E-state index in [-0.39, 0.29) is 42.2 Å². The molecule has 1 fully saturated rings. The smallest absolute Gasteiger partial charge is 0.223 e. The highest BCUT2D eigenvalue weighted by molar-refractivity contribution is 5.85. The zero-order valence-electron chi connectivity index (χ0n) is 12.8. The zero-order valence-corrected chi connectivity index (χ0v) is 13.6. The van der Waals surface area contributed by atoms with Crippen LogP contribution in [0.4, 0.5) is 4.39 Å². The quantitative estimate of drug-likeness (QED) is 0.872. The molecular weight excluding hydrogens is 307 g/mol. The molecule has 4 nitrogen and oxygen atoms in total. The molecule has 2 rings (SSSR count). The fourth-order valence-corrected chi connectivity index (χ4v) is 2.67. The van der Waals surface area contributed by atoms with E-state index in [0.717, 1.165) is 25.7 Å². The van der Waals surface area contributed by atoms with Gasteiger partial charge in [0.1, 0.15) is 17.7 Å². The lowest BCUT2D eigenvalue weighted by Gasteiger charge is -2.26. The summed E-state index contributed by atoms with van der Waals surface area (Å²) >= 11 is 0. The topological polar surface area (TPSA) is 64.4 Å². The molecule has 22 heavy (non-hydrogen) atoms. The third kappa shape index (κ3) is 5.81. The molecule has 3 unspecified atom stereocenters. The van der Waals surface area contributed by atoms with E-state index in [1.165, 1.54) is 12.1 Å². The number of carbonyl (C=O) groups is 1. The normalized spacial score (nSPS) is 22.3. The predicted molar refractivity (Wildman–Crippen MR) is 86.7 cm³/mol. The van der Waals surface area contributed by atoms with Crippen molar-refractivity contribution in [2.75, 3.05) is 6.54 Å². The van der Waals surface area contributed by atoms with Crippen molar-refractivity contribution < 1.29 is 13.9 Å². The third-order valence-corrected chi connectivity index (χ3v) is 3.78. The third-order valence-electron chi connectivity index (χ3n) is 3.78. The van der Waals surface area contributed by atoms with Crippen molar-refractivity contribution in [3.05, 3.63) is 30.1 Å². The van der Waals surface area contributed by atoms with Crippen LogP contribution in [0.1, 0.15) is 32.6 Å². The predicted octanol–water partition coefficient (Wildman–Crippen LogP) is 2.65. The number of halogens is 2. The monoisotopic (exact) mass is 330 g/mol. The van der Waals surface area contributed by atoms with Crippen LogP contribution in [0.15, 0.2) is 24.3 Å². The standard InChI is InChI=1S/C16H23FN2O2.ClH/c1-11(21-15-7-3-5-13(17)9-15)10-19-16(20)12-4-2-6-14(18)8-12;/h3,5,7,9,11-12,14H,2,4,6,8,10,18H2,1H3,(H,19,20);1H. The van der Waals surface area contributed by atoms with Gasteiger partial charge >= 0.3 is 0 Å². The molecule has 6 heteroatoms. The average molecular weight is 331 g/mol. The number of carbonyl (C=O) groups excluding carboxylic acids is 1. The minimum Gasteiger partial charge on any atom is -0.489 e. The summed E-state index contributed by atoms with van der Waals surface area (Å²) in [5.41, 5.74) is 5.90. The molecule has 3 atom stereocenters. The molecule has 0 spiro atoms. The van der Waals surface area contributed by atoms with Gasteiger partial charge in [0.2, 0.25) is 5.91 Å². The van der Waals surface area contributed by atoms with Gasteiger partial charge in [-0.15, -0.1) is 12.4 Å². The highest BCUT2D eigenvalue weighted by Crippen LogP contribution is 2.23. The molecule has 1 aliphatic rings. The first-order valence-corrected chi connectivity index (χ1v) is 7.50. The van der Waals surface area contributed by atoms with E-state index in [1.807, 2.05) is 6.92 Å². The molecule has 0 radical (unpaired) electrons. The Kier molecular flexibility index (Phi) is 7.62. The molecule has 0 heterocycles. The molecule has 1 aromatic carbocycles. The molecule has 3 N–H and O–H groups in total. The highest BCUT2D eigenvalue weighted by Gasteiger charge is 2.25. The second-order valence-corrected chi connectivity index (χ2v) is 5.75. The Balaban J connectivity index is 0.00000242.